The second-order valence-corrected chi connectivity index (χ2v) is 7.78. The van der Waals surface area contributed by atoms with E-state index in [0.29, 0.717) is 31.1 Å². The number of rotatable bonds is 5. The van der Waals surface area contributed by atoms with E-state index in [0.717, 1.165) is 18.4 Å². The molecular formula is C20H31N3O5. The minimum absolute atomic E-state index is 0.115. The lowest BCUT2D eigenvalue weighted by Gasteiger charge is -2.33. The van der Waals surface area contributed by atoms with Crippen LogP contribution in [0.1, 0.15) is 39.2 Å². The predicted octanol–water partition coefficient (Wildman–Crippen LogP) is 2.90. The molecule has 156 valence electrons. The van der Waals surface area contributed by atoms with Crippen LogP contribution in [0.25, 0.3) is 0 Å². The molecule has 2 N–H and O–H groups in total. The third-order valence-corrected chi connectivity index (χ3v) is 4.32. The first-order valence-corrected chi connectivity index (χ1v) is 9.45. The number of piperidine rings is 1. The molecule has 1 unspecified atom stereocenters. The molecule has 1 aromatic rings. The monoisotopic (exact) mass is 393 g/mol. The van der Waals surface area contributed by atoms with E-state index < -0.39 is 11.7 Å². The zero-order valence-electron chi connectivity index (χ0n) is 17.3. The molecular weight excluding hydrogens is 362 g/mol. The number of benzene rings is 1. The summed E-state index contributed by atoms with van der Waals surface area (Å²) in [5, 5.41) is 5.76. The maximum Gasteiger partial charge on any atom is 0.407 e. The zero-order valence-corrected chi connectivity index (χ0v) is 17.3. The number of nitrogens with zero attached hydrogens (tertiary/aromatic N) is 1. The highest BCUT2D eigenvalue weighted by atomic mass is 16.6. The molecule has 0 aromatic heterocycles. The van der Waals surface area contributed by atoms with E-state index in [4.69, 9.17) is 14.2 Å². The summed E-state index contributed by atoms with van der Waals surface area (Å²) in [5.74, 6) is 1.26. The molecule has 1 aromatic carbocycles. The number of amides is 3. The lowest BCUT2D eigenvalue weighted by Crippen LogP contribution is -2.52. The molecule has 1 aliphatic rings. The summed E-state index contributed by atoms with van der Waals surface area (Å²) in [6.07, 6.45) is 1.19. The number of alkyl carbamates (subject to hydrolysis) is 1. The molecule has 0 saturated carbocycles. The number of ether oxygens (including phenoxy) is 3. The van der Waals surface area contributed by atoms with Crippen LogP contribution in [0, 0.1) is 0 Å². The maximum absolute atomic E-state index is 12.5. The number of hydrogen-bond acceptors (Lipinski definition) is 5. The van der Waals surface area contributed by atoms with Crippen molar-refractivity contribution in [2.45, 2.75) is 51.8 Å². The molecule has 3 amide bonds. The number of urea groups is 1. The van der Waals surface area contributed by atoms with Gasteiger partial charge in [0.1, 0.15) is 5.60 Å². The Morgan fingerprint density at radius 2 is 1.89 bits per heavy atom. The molecule has 1 heterocycles. The van der Waals surface area contributed by atoms with Gasteiger partial charge in [-0.15, -0.1) is 0 Å². The van der Waals surface area contributed by atoms with E-state index in [9.17, 15) is 9.59 Å². The fourth-order valence-electron chi connectivity index (χ4n) is 3.03. The van der Waals surface area contributed by atoms with Crippen molar-refractivity contribution in [1.82, 2.24) is 15.5 Å². The number of likely N-dealkylation sites (tertiary alicyclic amines) is 1. The van der Waals surface area contributed by atoms with E-state index >= 15 is 0 Å². The lowest BCUT2D eigenvalue weighted by molar-refractivity contribution is 0.0479. The first-order valence-electron chi connectivity index (χ1n) is 9.45. The second kappa shape index (κ2) is 9.52. The topological polar surface area (TPSA) is 89.1 Å². The number of carbonyl (C=O) groups excluding carboxylic acids is 2. The van der Waals surface area contributed by atoms with Gasteiger partial charge in [-0.2, -0.15) is 0 Å². The summed E-state index contributed by atoms with van der Waals surface area (Å²) < 4.78 is 15.8. The molecule has 0 bridgehead atoms. The van der Waals surface area contributed by atoms with Gasteiger partial charge in [-0.3, -0.25) is 0 Å². The van der Waals surface area contributed by atoms with Crippen LogP contribution in [-0.4, -0.2) is 56.0 Å². The van der Waals surface area contributed by atoms with Crippen molar-refractivity contribution in [2.24, 2.45) is 0 Å². The number of methoxy groups -OCH3 is 2. The predicted molar refractivity (Wildman–Crippen MR) is 106 cm³/mol. The Balaban J connectivity index is 1.86. The number of hydrogen-bond donors (Lipinski definition) is 2. The highest BCUT2D eigenvalue weighted by molar-refractivity contribution is 5.74. The fourth-order valence-corrected chi connectivity index (χ4v) is 3.03. The smallest absolute Gasteiger partial charge is 0.407 e. The second-order valence-electron chi connectivity index (χ2n) is 7.78. The van der Waals surface area contributed by atoms with E-state index in [1.165, 1.54) is 0 Å². The van der Waals surface area contributed by atoms with Crippen LogP contribution in [0.4, 0.5) is 9.59 Å². The molecule has 1 saturated heterocycles. The van der Waals surface area contributed by atoms with Gasteiger partial charge in [-0.25, -0.2) is 9.59 Å². The average Bonchev–Trinajstić information content (AvgIpc) is 2.64. The molecule has 8 heteroatoms. The Morgan fingerprint density at radius 1 is 1.18 bits per heavy atom. The van der Waals surface area contributed by atoms with Crippen LogP contribution in [0.5, 0.6) is 11.5 Å². The third-order valence-electron chi connectivity index (χ3n) is 4.32. The van der Waals surface area contributed by atoms with Gasteiger partial charge in [0.2, 0.25) is 0 Å². The Morgan fingerprint density at radius 3 is 2.54 bits per heavy atom. The van der Waals surface area contributed by atoms with Gasteiger partial charge < -0.3 is 29.7 Å². The SMILES string of the molecule is COc1ccc(CNC(=O)N2CCCC(NC(=O)OC(C)(C)C)C2)cc1OC. The summed E-state index contributed by atoms with van der Waals surface area (Å²) in [4.78, 5) is 26.2. The van der Waals surface area contributed by atoms with E-state index in [1.807, 2.05) is 39.0 Å². The van der Waals surface area contributed by atoms with E-state index in [-0.39, 0.29) is 12.1 Å². The Hall–Kier alpha value is -2.64. The number of carbonyl (C=O) groups is 2. The summed E-state index contributed by atoms with van der Waals surface area (Å²) >= 11 is 0. The fraction of sp³-hybridized carbons (Fsp3) is 0.600. The van der Waals surface area contributed by atoms with Crippen molar-refractivity contribution in [3.63, 3.8) is 0 Å². The highest BCUT2D eigenvalue weighted by Crippen LogP contribution is 2.27. The summed E-state index contributed by atoms with van der Waals surface area (Å²) in [5.41, 5.74) is 0.362. The van der Waals surface area contributed by atoms with E-state index in [1.54, 1.807) is 19.1 Å². The standard InChI is InChI=1S/C20H31N3O5/c1-20(2,3)28-19(25)22-15-7-6-10-23(13-15)18(24)21-12-14-8-9-16(26-4)17(11-14)27-5/h8-9,11,15H,6-7,10,12-13H2,1-5H3,(H,21,24)(H,22,25). The quantitative estimate of drug-likeness (QED) is 0.803. The molecule has 0 aliphatic carbocycles. The van der Waals surface area contributed by atoms with Crippen LogP contribution >= 0.6 is 0 Å². The van der Waals surface area contributed by atoms with Gasteiger partial charge in [-0.05, 0) is 51.3 Å². The molecule has 2 rings (SSSR count). The largest absolute Gasteiger partial charge is 0.493 e. The molecule has 0 spiro atoms. The first-order chi connectivity index (χ1) is 13.2. The van der Waals surface area contributed by atoms with Crippen molar-refractivity contribution in [1.29, 1.82) is 0 Å². The Bertz CT molecular complexity index is 687. The van der Waals surface area contributed by atoms with Crippen LogP contribution in [0.15, 0.2) is 18.2 Å². The molecule has 1 fully saturated rings. The molecule has 28 heavy (non-hydrogen) atoms. The summed E-state index contributed by atoms with van der Waals surface area (Å²) in [7, 11) is 3.16. The van der Waals surface area contributed by atoms with Crippen molar-refractivity contribution < 1.29 is 23.8 Å². The highest BCUT2D eigenvalue weighted by Gasteiger charge is 2.26. The van der Waals surface area contributed by atoms with Gasteiger partial charge in [0.15, 0.2) is 11.5 Å². The van der Waals surface area contributed by atoms with Crippen LogP contribution in [0.2, 0.25) is 0 Å². The molecule has 8 nitrogen and oxygen atoms in total. The van der Waals surface area contributed by atoms with Gasteiger partial charge in [-0.1, -0.05) is 6.07 Å². The average molecular weight is 393 g/mol. The van der Waals surface area contributed by atoms with Crippen molar-refractivity contribution in [3.05, 3.63) is 23.8 Å². The summed E-state index contributed by atoms with van der Waals surface area (Å²) in [6, 6.07) is 5.25. The van der Waals surface area contributed by atoms with Crippen LogP contribution in [0.3, 0.4) is 0 Å². The Labute approximate surface area is 166 Å². The van der Waals surface area contributed by atoms with Gasteiger partial charge in [0.05, 0.1) is 14.2 Å². The van der Waals surface area contributed by atoms with Crippen LogP contribution in [-0.2, 0) is 11.3 Å². The molecule has 0 radical (unpaired) electrons. The minimum Gasteiger partial charge on any atom is -0.493 e. The maximum atomic E-state index is 12.5. The Kier molecular flexibility index (Phi) is 7.37. The van der Waals surface area contributed by atoms with Gasteiger partial charge >= 0.3 is 12.1 Å². The van der Waals surface area contributed by atoms with Crippen molar-refractivity contribution in [2.75, 3.05) is 27.3 Å². The minimum atomic E-state index is -0.546. The summed E-state index contributed by atoms with van der Waals surface area (Å²) in [6.45, 7) is 6.95. The zero-order chi connectivity index (χ0) is 20.7. The van der Waals surface area contributed by atoms with Gasteiger partial charge in [0.25, 0.3) is 0 Å². The van der Waals surface area contributed by atoms with Crippen molar-refractivity contribution in [3.8, 4) is 11.5 Å². The third kappa shape index (κ3) is 6.51. The molecule has 1 atom stereocenters. The first kappa shape index (κ1) is 21.7. The lowest BCUT2D eigenvalue weighted by atomic mass is 10.1. The van der Waals surface area contributed by atoms with Crippen molar-refractivity contribution >= 4 is 12.1 Å². The van der Waals surface area contributed by atoms with E-state index in [2.05, 4.69) is 10.6 Å². The molecule has 1 aliphatic heterocycles. The normalized spacial score (nSPS) is 16.9. The van der Waals surface area contributed by atoms with Gasteiger partial charge in [0, 0.05) is 25.7 Å². The number of nitrogens with one attached hydrogen (secondary N) is 2. The van der Waals surface area contributed by atoms with Crippen LogP contribution < -0.4 is 20.1 Å².